The summed E-state index contributed by atoms with van der Waals surface area (Å²) in [6, 6.07) is 2.23. The largest absolute Gasteiger partial charge is 0.461 e. The topological polar surface area (TPSA) is 102 Å². The van der Waals surface area contributed by atoms with E-state index in [1.54, 1.807) is 6.20 Å². The summed E-state index contributed by atoms with van der Waals surface area (Å²) in [4.78, 5) is 18.6. The Bertz CT molecular complexity index is 1920. The van der Waals surface area contributed by atoms with Gasteiger partial charge in [-0.25, -0.2) is 13.5 Å². The zero-order chi connectivity index (χ0) is 33.5. The van der Waals surface area contributed by atoms with Crippen LogP contribution in [0.15, 0.2) is 18.5 Å². The summed E-state index contributed by atoms with van der Waals surface area (Å²) >= 11 is 0. The van der Waals surface area contributed by atoms with E-state index < -0.39 is 23.1 Å². The van der Waals surface area contributed by atoms with E-state index in [9.17, 15) is 9.50 Å². The maximum Gasteiger partial charge on any atom is 0.319 e. The predicted molar refractivity (Wildman–Crippen MR) is 182 cm³/mol. The molecule has 4 aliphatic heterocycles. The Labute approximate surface area is 284 Å². The molecule has 3 aromatic heterocycles. The predicted octanol–water partition coefficient (Wildman–Crippen LogP) is 6.37. The normalized spacial score (nSPS) is 29.3. The van der Waals surface area contributed by atoms with Gasteiger partial charge in [0.15, 0.2) is 12.0 Å². The highest BCUT2D eigenvalue weighted by molar-refractivity contribution is 6.00. The molecular weight excluding hydrogens is 628 g/mol. The number of nitrogens with zero attached hydrogens (tertiary/aromatic N) is 7. The van der Waals surface area contributed by atoms with Crippen molar-refractivity contribution in [1.29, 1.82) is 0 Å². The van der Waals surface area contributed by atoms with E-state index in [-0.39, 0.29) is 30.1 Å². The molecule has 9 rings (SSSR count). The van der Waals surface area contributed by atoms with E-state index in [0.717, 1.165) is 85.5 Å². The Balaban J connectivity index is 1.19. The van der Waals surface area contributed by atoms with Gasteiger partial charge in [0.1, 0.15) is 29.8 Å². The molecule has 1 aliphatic carbocycles. The number of anilines is 1. The number of rotatable bonds is 7. The van der Waals surface area contributed by atoms with Gasteiger partial charge in [-0.05, 0) is 101 Å². The van der Waals surface area contributed by atoms with Gasteiger partial charge in [-0.2, -0.15) is 15.1 Å². The van der Waals surface area contributed by atoms with Crippen LogP contribution in [0.3, 0.4) is 0 Å². The highest BCUT2D eigenvalue weighted by atomic mass is 19.1. The minimum absolute atomic E-state index is 0.0615. The smallest absolute Gasteiger partial charge is 0.319 e. The van der Waals surface area contributed by atoms with E-state index >= 15 is 4.39 Å². The third-order valence-corrected chi connectivity index (χ3v) is 11.7. The maximum atomic E-state index is 17.3. The fourth-order valence-corrected chi connectivity index (χ4v) is 9.18. The number of ether oxygens (including phenoxy) is 2. The molecule has 1 saturated carbocycles. The first kappa shape index (κ1) is 31.5. The molecule has 0 bridgehead atoms. The molecule has 0 spiro atoms. The average Bonchev–Trinajstić information content (AvgIpc) is 3.60. The minimum Gasteiger partial charge on any atom is -0.461 e. The molecule has 1 aromatic carbocycles. The molecule has 1 unspecified atom stereocenters. The lowest BCUT2D eigenvalue weighted by atomic mass is 9.91. The average molecular weight is 674 g/mol. The lowest BCUT2D eigenvalue weighted by Crippen LogP contribution is -2.46. The van der Waals surface area contributed by atoms with Crippen molar-refractivity contribution < 1.29 is 23.4 Å². The van der Waals surface area contributed by atoms with Crippen molar-refractivity contribution in [2.75, 3.05) is 44.3 Å². The molecule has 4 atom stereocenters. The second-order valence-electron chi connectivity index (χ2n) is 15.5. The summed E-state index contributed by atoms with van der Waals surface area (Å²) in [5.41, 5.74) is 2.94. The van der Waals surface area contributed by atoms with Crippen molar-refractivity contribution in [3.63, 3.8) is 0 Å². The summed E-state index contributed by atoms with van der Waals surface area (Å²) in [6.07, 6.45) is 11.2. The van der Waals surface area contributed by atoms with Crippen LogP contribution < -0.4 is 9.64 Å². The first-order valence-corrected chi connectivity index (χ1v) is 18.2. The zero-order valence-electron chi connectivity index (χ0n) is 28.4. The fraction of sp³-hybridized carbons (Fsp3) is 0.622. The summed E-state index contributed by atoms with van der Waals surface area (Å²) in [5, 5.41) is 17.1. The maximum absolute atomic E-state index is 17.3. The van der Waals surface area contributed by atoms with Gasteiger partial charge in [0.2, 0.25) is 0 Å². The summed E-state index contributed by atoms with van der Waals surface area (Å²) in [5.74, 6) is 0.295. The van der Waals surface area contributed by atoms with E-state index in [1.165, 1.54) is 0 Å². The Morgan fingerprint density at radius 1 is 1.06 bits per heavy atom. The van der Waals surface area contributed by atoms with Crippen LogP contribution in [0, 0.1) is 12.7 Å². The van der Waals surface area contributed by atoms with Gasteiger partial charge in [-0.15, -0.1) is 0 Å². The van der Waals surface area contributed by atoms with Crippen LogP contribution in [0.4, 0.5) is 14.6 Å². The van der Waals surface area contributed by atoms with Crippen LogP contribution in [0.2, 0.25) is 0 Å². The Kier molecular flexibility index (Phi) is 7.59. The third-order valence-electron chi connectivity index (χ3n) is 11.7. The summed E-state index contributed by atoms with van der Waals surface area (Å²) in [6.45, 7) is 7.11. The Morgan fingerprint density at radius 2 is 1.92 bits per heavy atom. The second kappa shape index (κ2) is 11.8. The minimum atomic E-state index is -0.916. The molecule has 49 heavy (non-hydrogen) atoms. The second-order valence-corrected chi connectivity index (χ2v) is 15.5. The van der Waals surface area contributed by atoms with E-state index in [0.29, 0.717) is 56.2 Å². The number of aromatic nitrogens is 5. The molecule has 1 N–H and O–H groups in total. The first-order valence-electron chi connectivity index (χ1n) is 18.2. The van der Waals surface area contributed by atoms with E-state index in [4.69, 9.17) is 29.5 Å². The lowest BCUT2D eigenvalue weighted by Gasteiger charge is -2.38. The highest BCUT2D eigenvalue weighted by Gasteiger charge is 2.49. The number of hydrogen-bond donors (Lipinski definition) is 1. The Hall–Kier alpha value is -3.48. The number of hydrogen-bond acceptors (Lipinski definition) is 9. The Morgan fingerprint density at radius 3 is 2.71 bits per heavy atom. The van der Waals surface area contributed by atoms with Crippen molar-refractivity contribution in [1.82, 2.24) is 29.6 Å². The van der Waals surface area contributed by atoms with E-state index in [1.807, 2.05) is 22.7 Å². The monoisotopic (exact) mass is 673 g/mol. The molecular formula is C37H45F2N7O3. The van der Waals surface area contributed by atoms with Crippen molar-refractivity contribution in [3.8, 4) is 17.3 Å². The van der Waals surface area contributed by atoms with Gasteiger partial charge < -0.3 is 19.5 Å². The van der Waals surface area contributed by atoms with Crippen molar-refractivity contribution in [2.45, 2.75) is 108 Å². The van der Waals surface area contributed by atoms with Gasteiger partial charge >= 0.3 is 6.01 Å². The molecule has 0 amide bonds. The number of alkyl halides is 1. The molecule has 0 radical (unpaired) electrons. The molecule has 7 heterocycles. The molecule has 4 aromatic rings. The number of fused-ring (bicyclic) bond motifs is 3. The number of halogens is 2. The summed E-state index contributed by atoms with van der Waals surface area (Å²) < 4.78 is 46.3. The van der Waals surface area contributed by atoms with Crippen LogP contribution in [0.25, 0.3) is 33.1 Å². The SMILES string of the molecule is Cc1cc2c(cnn2C2CCCCO2)c(-c2ncc3c(N4CCC[C@@](C)(O)C4)nc(OC[C@@]45CCCN4C[C@H](F)C5)nc3c2F)c1C1CC1. The van der Waals surface area contributed by atoms with Crippen LogP contribution in [0.5, 0.6) is 6.01 Å². The van der Waals surface area contributed by atoms with Crippen molar-refractivity contribution >= 4 is 27.6 Å². The number of pyridine rings is 1. The highest BCUT2D eigenvalue weighted by Crippen LogP contribution is 2.49. The van der Waals surface area contributed by atoms with Crippen molar-refractivity contribution in [3.05, 3.63) is 35.4 Å². The van der Waals surface area contributed by atoms with Crippen LogP contribution in [-0.2, 0) is 4.74 Å². The number of aliphatic hydroxyl groups is 1. The number of benzene rings is 1. The van der Waals surface area contributed by atoms with Crippen LogP contribution in [0.1, 0.15) is 94.4 Å². The standard InChI is InChI=1S/C37H45F2N7O3/c1-22-15-27-25(18-41-46(27)28-7-3-4-14-48-28)30(29(22)23-8-9-23)33-31(39)32-26(17-40-33)34(44-12-5-10-36(2,47)20-44)43-35(42-32)49-21-37-11-6-13-45(37)19-24(38)16-37/h15,17-18,23-24,28,47H,3-14,16,19-21H2,1-2H3/t24-,28?,36-,37+/m1/s1. The zero-order valence-corrected chi connectivity index (χ0v) is 28.4. The number of piperidine rings is 1. The van der Waals surface area contributed by atoms with Crippen molar-refractivity contribution in [2.24, 2.45) is 0 Å². The molecule has 10 nitrogen and oxygen atoms in total. The molecule has 12 heteroatoms. The molecule has 260 valence electrons. The fourth-order valence-electron chi connectivity index (χ4n) is 9.18. The number of β-amino-alcohol motifs (C(OH)–C–C–N with tert-alkyl or cyclic N) is 1. The van der Waals surface area contributed by atoms with Gasteiger partial charge in [-0.1, -0.05) is 0 Å². The summed E-state index contributed by atoms with van der Waals surface area (Å²) in [7, 11) is 0. The van der Waals surface area contributed by atoms with E-state index in [2.05, 4.69) is 17.9 Å². The van der Waals surface area contributed by atoms with Gasteiger partial charge in [0, 0.05) is 49.8 Å². The first-order chi connectivity index (χ1) is 23.7. The quantitative estimate of drug-likeness (QED) is 0.240. The van der Waals surface area contributed by atoms with Gasteiger partial charge in [0.05, 0.1) is 28.2 Å². The van der Waals surface area contributed by atoms with Crippen LogP contribution >= 0.6 is 0 Å². The third kappa shape index (κ3) is 5.45. The van der Waals surface area contributed by atoms with Gasteiger partial charge in [-0.3, -0.25) is 9.88 Å². The molecule has 5 aliphatic rings. The number of aryl methyl sites for hydroxylation is 1. The van der Waals surface area contributed by atoms with Gasteiger partial charge in [0.25, 0.3) is 0 Å². The van der Waals surface area contributed by atoms with Crippen LogP contribution in [-0.4, -0.2) is 91.4 Å². The molecule has 5 fully saturated rings. The lowest BCUT2D eigenvalue weighted by molar-refractivity contribution is -0.0366. The molecule has 4 saturated heterocycles.